The lowest BCUT2D eigenvalue weighted by molar-refractivity contribution is -0.687. The lowest BCUT2D eigenvalue weighted by atomic mass is 10.0. The van der Waals surface area contributed by atoms with Crippen molar-refractivity contribution in [2.24, 2.45) is 10.9 Å². The van der Waals surface area contributed by atoms with Gasteiger partial charge in [0.2, 0.25) is 22.1 Å². The summed E-state index contributed by atoms with van der Waals surface area (Å²) in [4.78, 5) is 60.6. The maximum atomic E-state index is 13.1. The van der Waals surface area contributed by atoms with Gasteiger partial charge in [-0.25, -0.2) is 4.57 Å². The Morgan fingerprint density at radius 3 is 2.85 bits per heavy atom. The fraction of sp³-hybridized carbons (Fsp3) is 0.333. The number of thioether (sulfide) groups is 1. The predicted molar refractivity (Wildman–Crippen MR) is 138 cm³/mol. The molecule has 0 aromatic carbocycles. The highest BCUT2D eigenvalue weighted by molar-refractivity contribution is 8.00. The van der Waals surface area contributed by atoms with Crippen LogP contribution in [0.25, 0.3) is 4.83 Å². The predicted octanol–water partition coefficient (Wildman–Crippen LogP) is -1.99. The Labute approximate surface area is 236 Å². The van der Waals surface area contributed by atoms with E-state index in [4.69, 9.17) is 16.3 Å². The van der Waals surface area contributed by atoms with Crippen LogP contribution in [0.2, 0.25) is 0 Å². The van der Waals surface area contributed by atoms with E-state index in [-0.39, 0.29) is 53.4 Å². The summed E-state index contributed by atoms with van der Waals surface area (Å²) in [6.07, 6.45) is 3.39. The number of nitrogens with one attached hydrogen (secondary N) is 1. The molecule has 2 aliphatic heterocycles. The van der Waals surface area contributed by atoms with E-state index in [0.29, 0.717) is 5.57 Å². The Hall–Kier alpha value is -4.10. The number of oxime groups is 1. The molecule has 2 aliphatic rings. The summed E-state index contributed by atoms with van der Waals surface area (Å²) in [6.45, 7) is -0.636. The van der Waals surface area contributed by atoms with Gasteiger partial charge >= 0.3 is 0 Å². The molecule has 0 bridgehead atoms. The van der Waals surface area contributed by atoms with E-state index in [1.54, 1.807) is 26.9 Å². The number of hydrogen-bond acceptors (Lipinski definition) is 13. The first-order valence-electron chi connectivity index (χ1n) is 11.5. The number of aliphatic carboxylic acids is 1. The average Bonchev–Trinajstić information content (AvgIpc) is 3.62. The van der Waals surface area contributed by atoms with E-state index < -0.39 is 41.8 Å². The number of carboxylic acids is 1. The Morgan fingerprint density at radius 2 is 2.17 bits per heavy atom. The molecule has 1 fully saturated rings. The van der Waals surface area contributed by atoms with Crippen molar-refractivity contribution < 1.29 is 38.1 Å². The van der Waals surface area contributed by atoms with Gasteiger partial charge in [0, 0.05) is 34.7 Å². The van der Waals surface area contributed by atoms with Crippen LogP contribution < -0.4 is 26.5 Å². The smallest absolute Gasteiger partial charge is 0.289 e. The summed E-state index contributed by atoms with van der Waals surface area (Å²) in [6, 6.07) is -1.08. The maximum absolute atomic E-state index is 13.1. The molecule has 3 aromatic heterocycles. The van der Waals surface area contributed by atoms with E-state index in [2.05, 4.69) is 19.8 Å². The average molecular weight is 610 g/mol. The van der Waals surface area contributed by atoms with Crippen molar-refractivity contribution in [1.82, 2.24) is 24.0 Å². The number of rotatable bonds is 11. The van der Waals surface area contributed by atoms with Gasteiger partial charge in [0.25, 0.3) is 24.0 Å². The van der Waals surface area contributed by atoms with Crippen LogP contribution in [0, 0.1) is 0 Å². The first-order valence-corrected chi connectivity index (χ1v) is 14.2. The molecular weight excluding hydrogens is 589 g/mol. The summed E-state index contributed by atoms with van der Waals surface area (Å²) >= 11 is 3.37. The number of nitrogens with two attached hydrogens (primary N) is 2. The Kier molecular flexibility index (Phi) is 7.68. The maximum Gasteiger partial charge on any atom is 0.289 e. The third kappa shape index (κ3) is 5.09. The minimum absolute atomic E-state index is 0.0483. The number of nitrogen functional groups attached to an aromatic ring is 1. The number of hydrogen-bond donors (Lipinski definition) is 3. The highest BCUT2D eigenvalue weighted by atomic mass is 32.2. The number of anilines is 1. The van der Waals surface area contributed by atoms with Gasteiger partial charge in [-0.3, -0.25) is 23.7 Å². The van der Waals surface area contributed by atoms with Crippen LogP contribution in [0.5, 0.6) is 0 Å². The third-order valence-electron chi connectivity index (χ3n) is 5.88. The molecule has 5 N–H and O–H groups in total. The number of halogens is 1. The summed E-state index contributed by atoms with van der Waals surface area (Å²) in [5.74, 6) is -3.57. The number of aromatic nitrogens is 4. The van der Waals surface area contributed by atoms with Gasteiger partial charge < -0.3 is 31.5 Å². The standard InChI is InChI=1S/C21H20FN9O6S3/c22-2-1-3-37-27-12(16-26-21(24)40-28-16)17(33)25-13-18(34)31-14(20(35)36)9(6-39-19(13)31)4-29-5-11-30(8-29)10(7-38-11)15(23)32/h5,7-8,13,19H,1-4,6H2,(H5-,23,24,25,26,28,32,33,35,36)/b27-12-/t13-,19-/m1/s1. The van der Waals surface area contributed by atoms with Crippen molar-refractivity contribution in [2.75, 3.05) is 24.8 Å². The summed E-state index contributed by atoms with van der Waals surface area (Å²) in [5.41, 5.74) is 11.0. The minimum atomic E-state index is -1.54. The summed E-state index contributed by atoms with van der Waals surface area (Å²) in [7, 11) is 0. The van der Waals surface area contributed by atoms with Crippen molar-refractivity contribution in [3.63, 3.8) is 0 Å². The molecule has 0 spiro atoms. The van der Waals surface area contributed by atoms with Crippen molar-refractivity contribution in [3.8, 4) is 0 Å². The molecule has 40 heavy (non-hydrogen) atoms. The highest BCUT2D eigenvalue weighted by Gasteiger charge is 2.53. The number of amides is 3. The van der Waals surface area contributed by atoms with Gasteiger partial charge in [0.1, 0.15) is 30.8 Å². The number of carboxylic acid groups (broad SMARTS) is 1. The van der Waals surface area contributed by atoms with E-state index >= 15 is 0 Å². The molecular formula is C21H20FN9O6S3. The highest BCUT2D eigenvalue weighted by Crippen LogP contribution is 2.40. The lowest BCUT2D eigenvalue weighted by Crippen LogP contribution is -2.71. The van der Waals surface area contributed by atoms with Crippen LogP contribution in [0.3, 0.4) is 0 Å². The van der Waals surface area contributed by atoms with Crippen LogP contribution in [0.1, 0.15) is 22.7 Å². The molecule has 0 aliphatic carbocycles. The molecule has 15 nitrogen and oxygen atoms in total. The molecule has 5 rings (SSSR count). The van der Waals surface area contributed by atoms with E-state index in [1.807, 2.05) is 0 Å². The molecule has 0 unspecified atom stereocenters. The number of carbonyl (C=O) groups excluding carboxylic acids is 4. The van der Waals surface area contributed by atoms with E-state index in [0.717, 1.165) is 21.3 Å². The number of nitrogens with zero attached hydrogens (tertiary/aromatic N) is 6. The van der Waals surface area contributed by atoms with Crippen molar-refractivity contribution in [3.05, 3.63) is 40.7 Å². The zero-order valence-electron chi connectivity index (χ0n) is 20.3. The molecule has 2 atom stereocenters. The topological polar surface area (TPSA) is 214 Å². The Bertz CT molecular complexity index is 1580. The molecule has 3 aromatic rings. The van der Waals surface area contributed by atoms with Gasteiger partial charge in [-0.05, 0) is 0 Å². The molecule has 3 amide bonds. The largest absolute Gasteiger partial charge is 0.543 e. The molecule has 210 valence electrons. The molecule has 1 saturated heterocycles. The van der Waals surface area contributed by atoms with Gasteiger partial charge in [-0.2, -0.15) is 13.8 Å². The summed E-state index contributed by atoms with van der Waals surface area (Å²) in [5, 5.41) is 19.3. The number of alkyl halides is 1. The van der Waals surface area contributed by atoms with Gasteiger partial charge in [-0.15, -0.1) is 11.8 Å². The van der Waals surface area contributed by atoms with Crippen LogP contribution in [0.4, 0.5) is 9.52 Å². The number of fused-ring (bicyclic) bond motifs is 2. The molecule has 0 saturated carbocycles. The number of thiazole rings is 1. The Morgan fingerprint density at radius 1 is 1.38 bits per heavy atom. The zero-order valence-corrected chi connectivity index (χ0v) is 22.8. The number of imidazole rings is 1. The second kappa shape index (κ2) is 11.2. The van der Waals surface area contributed by atoms with Gasteiger partial charge in [0.05, 0.1) is 18.3 Å². The number of primary amides is 1. The zero-order chi connectivity index (χ0) is 28.6. The van der Waals surface area contributed by atoms with Gasteiger partial charge in [0.15, 0.2) is 5.13 Å². The first-order chi connectivity index (χ1) is 19.2. The van der Waals surface area contributed by atoms with Crippen molar-refractivity contribution >= 4 is 74.0 Å². The van der Waals surface area contributed by atoms with Crippen LogP contribution in [0.15, 0.2) is 34.3 Å². The first kappa shape index (κ1) is 27.5. The van der Waals surface area contributed by atoms with Gasteiger partial charge in [-0.1, -0.05) is 16.5 Å². The quantitative estimate of drug-likeness (QED) is 0.0715. The summed E-state index contributed by atoms with van der Waals surface area (Å²) < 4.78 is 19.6. The third-order valence-corrected chi connectivity index (χ3v) is 8.64. The molecule has 5 heterocycles. The Balaban J connectivity index is 1.34. The second-order valence-corrected chi connectivity index (χ2v) is 11.3. The molecule has 19 heteroatoms. The van der Waals surface area contributed by atoms with Crippen molar-refractivity contribution in [2.45, 2.75) is 24.4 Å². The fourth-order valence-corrected chi connectivity index (χ4v) is 6.80. The number of carbonyl (C=O) groups is 4. The SMILES string of the molecule is NC(=O)c1csc2c[n+](CC3=C(C(=O)[O-])N4C(=O)[C@@H](NC(=O)/C(=N\OCCCF)c5nsc(N)n5)[C@H]4SC3)cn12. The molecule has 0 radical (unpaired) electrons. The normalized spacial score (nSPS) is 19.0. The van der Waals surface area contributed by atoms with Crippen molar-refractivity contribution in [1.29, 1.82) is 0 Å². The van der Waals surface area contributed by atoms with E-state index in [1.165, 1.54) is 23.1 Å². The van der Waals surface area contributed by atoms with E-state index in [9.17, 15) is 28.7 Å². The van der Waals surface area contributed by atoms with Crippen LogP contribution in [-0.2, 0) is 25.8 Å². The minimum Gasteiger partial charge on any atom is -0.543 e. The number of β-lactam (4-membered cyclic amide) rings is 1. The fourth-order valence-electron chi connectivity index (χ4n) is 4.11. The second-order valence-electron chi connectivity index (χ2n) is 8.48. The monoisotopic (exact) mass is 609 g/mol. The lowest BCUT2D eigenvalue weighted by Gasteiger charge is -2.50. The van der Waals surface area contributed by atoms with Crippen LogP contribution >= 0.6 is 34.6 Å². The van der Waals surface area contributed by atoms with Crippen LogP contribution in [-0.4, -0.2) is 78.5 Å².